The lowest BCUT2D eigenvalue weighted by atomic mass is 10.1. The first kappa shape index (κ1) is 17.3. The highest BCUT2D eigenvalue weighted by molar-refractivity contribution is 6.01. The van der Waals surface area contributed by atoms with Crippen LogP contribution in [0.3, 0.4) is 0 Å². The molecule has 3 amide bonds. The Morgan fingerprint density at radius 3 is 2.88 bits per heavy atom. The normalized spacial score (nSPS) is 21.1. The molecule has 2 aliphatic heterocycles. The van der Waals surface area contributed by atoms with Crippen LogP contribution in [0.2, 0.25) is 0 Å². The summed E-state index contributed by atoms with van der Waals surface area (Å²) in [4.78, 5) is 40.0. The molecule has 134 valence electrons. The van der Waals surface area contributed by atoms with Crippen LogP contribution in [0.15, 0.2) is 24.3 Å². The van der Waals surface area contributed by atoms with Crippen molar-refractivity contribution < 1.29 is 19.1 Å². The van der Waals surface area contributed by atoms with Gasteiger partial charge >= 0.3 is 0 Å². The number of para-hydroxylation sites is 2. The maximum absolute atomic E-state index is 12.8. The third-order valence-corrected chi connectivity index (χ3v) is 4.55. The molecule has 7 nitrogen and oxygen atoms in total. The number of benzene rings is 1. The molecule has 0 bridgehead atoms. The zero-order valence-corrected chi connectivity index (χ0v) is 14.4. The Morgan fingerprint density at radius 2 is 2.08 bits per heavy atom. The Bertz CT molecular complexity index is 676. The van der Waals surface area contributed by atoms with Crippen LogP contribution in [0.25, 0.3) is 0 Å². The minimum Gasteiger partial charge on any atom is -0.492 e. The maximum Gasteiger partial charge on any atom is 0.228 e. The first-order valence-corrected chi connectivity index (χ1v) is 8.67. The zero-order chi connectivity index (χ0) is 17.8. The molecule has 0 aliphatic carbocycles. The summed E-state index contributed by atoms with van der Waals surface area (Å²) in [7, 11) is 0. The molecule has 2 saturated heterocycles. The zero-order valence-electron chi connectivity index (χ0n) is 14.4. The summed E-state index contributed by atoms with van der Waals surface area (Å²) < 4.78 is 5.60. The average molecular weight is 345 g/mol. The third-order valence-electron chi connectivity index (χ3n) is 4.55. The molecule has 1 atom stereocenters. The van der Waals surface area contributed by atoms with Crippen molar-refractivity contribution in [2.24, 2.45) is 5.92 Å². The second-order valence-electron chi connectivity index (χ2n) is 6.23. The van der Waals surface area contributed by atoms with E-state index >= 15 is 0 Å². The maximum atomic E-state index is 12.8. The van der Waals surface area contributed by atoms with Crippen LogP contribution in [-0.2, 0) is 14.4 Å². The molecule has 0 spiro atoms. The summed E-state index contributed by atoms with van der Waals surface area (Å²) in [6.07, 6.45) is 0.500. The van der Waals surface area contributed by atoms with Crippen LogP contribution in [-0.4, -0.2) is 55.4 Å². The third kappa shape index (κ3) is 3.75. The topological polar surface area (TPSA) is 79.0 Å². The monoisotopic (exact) mass is 345 g/mol. The van der Waals surface area contributed by atoms with E-state index in [4.69, 9.17) is 4.74 Å². The lowest BCUT2D eigenvalue weighted by Gasteiger charge is -2.24. The fourth-order valence-electron chi connectivity index (χ4n) is 3.31. The number of hydrogen-bond acceptors (Lipinski definition) is 4. The van der Waals surface area contributed by atoms with Gasteiger partial charge in [0, 0.05) is 39.0 Å². The van der Waals surface area contributed by atoms with Crippen molar-refractivity contribution in [1.82, 2.24) is 10.2 Å². The molecule has 25 heavy (non-hydrogen) atoms. The van der Waals surface area contributed by atoms with Crippen molar-refractivity contribution >= 4 is 23.4 Å². The van der Waals surface area contributed by atoms with Gasteiger partial charge in [-0.2, -0.15) is 0 Å². The standard InChI is InChI=1S/C18H23N3O4/c1-2-25-15-6-4-3-5-14(15)21-12-13(11-17(21)23)18(24)20-9-7-16(22)19-8-10-20/h3-6,13H,2,7-12H2,1H3,(H,19,22). The number of rotatable bonds is 4. The lowest BCUT2D eigenvalue weighted by molar-refractivity contribution is -0.135. The summed E-state index contributed by atoms with van der Waals surface area (Å²) in [5.41, 5.74) is 0.706. The Balaban J connectivity index is 1.72. The SMILES string of the molecule is CCOc1ccccc1N1CC(C(=O)N2CCNC(=O)CC2)CC1=O. The molecule has 3 rings (SSSR count). The van der Waals surface area contributed by atoms with Gasteiger partial charge in [-0.25, -0.2) is 0 Å². The van der Waals surface area contributed by atoms with Gasteiger partial charge in [0.05, 0.1) is 18.2 Å². The molecule has 2 aliphatic rings. The highest BCUT2D eigenvalue weighted by Gasteiger charge is 2.38. The molecule has 0 radical (unpaired) electrons. The van der Waals surface area contributed by atoms with Crippen molar-refractivity contribution in [2.75, 3.05) is 37.7 Å². The van der Waals surface area contributed by atoms with Gasteiger partial charge in [-0.15, -0.1) is 0 Å². The number of nitrogens with one attached hydrogen (secondary N) is 1. The number of nitrogens with zero attached hydrogens (tertiary/aromatic N) is 2. The fraction of sp³-hybridized carbons (Fsp3) is 0.500. The molecule has 7 heteroatoms. The first-order valence-electron chi connectivity index (χ1n) is 8.67. The van der Waals surface area contributed by atoms with Gasteiger partial charge in [0.2, 0.25) is 17.7 Å². The van der Waals surface area contributed by atoms with Crippen LogP contribution >= 0.6 is 0 Å². The molecule has 2 fully saturated rings. The summed E-state index contributed by atoms with van der Waals surface area (Å²) >= 11 is 0. The Hall–Kier alpha value is -2.57. The summed E-state index contributed by atoms with van der Waals surface area (Å²) in [6, 6.07) is 7.38. The number of amides is 3. The molecule has 0 aromatic heterocycles. The predicted octanol–water partition coefficient (Wildman–Crippen LogP) is 0.787. The van der Waals surface area contributed by atoms with E-state index in [1.54, 1.807) is 9.80 Å². The van der Waals surface area contributed by atoms with E-state index in [0.717, 1.165) is 0 Å². The van der Waals surface area contributed by atoms with Crippen LogP contribution in [0.4, 0.5) is 5.69 Å². The van der Waals surface area contributed by atoms with E-state index in [9.17, 15) is 14.4 Å². The van der Waals surface area contributed by atoms with E-state index < -0.39 is 0 Å². The second kappa shape index (κ2) is 7.55. The molecule has 1 aromatic rings. The molecule has 0 saturated carbocycles. The number of ether oxygens (including phenoxy) is 1. The summed E-state index contributed by atoms with van der Waals surface area (Å²) in [6.45, 7) is 4.11. The molecule has 1 aromatic carbocycles. The molecular formula is C18H23N3O4. The molecular weight excluding hydrogens is 322 g/mol. The fourth-order valence-corrected chi connectivity index (χ4v) is 3.31. The van der Waals surface area contributed by atoms with Gasteiger partial charge < -0.3 is 19.9 Å². The predicted molar refractivity (Wildman–Crippen MR) is 92.3 cm³/mol. The van der Waals surface area contributed by atoms with Crippen molar-refractivity contribution in [1.29, 1.82) is 0 Å². The summed E-state index contributed by atoms with van der Waals surface area (Å²) in [5, 5.41) is 2.76. The average Bonchev–Trinajstić information content (AvgIpc) is 2.86. The Labute approximate surface area is 146 Å². The van der Waals surface area contributed by atoms with E-state index in [-0.39, 0.29) is 30.1 Å². The van der Waals surface area contributed by atoms with Gasteiger partial charge in [0.1, 0.15) is 5.75 Å². The number of hydrogen-bond donors (Lipinski definition) is 1. The second-order valence-corrected chi connectivity index (χ2v) is 6.23. The smallest absolute Gasteiger partial charge is 0.228 e. The molecule has 2 heterocycles. The van der Waals surface area contributed by atoms with Gasteiger partial charge in [-0.3, -0.25) is 14.4 Å². The Kier molecular flexibility index (Phi) is 5.21. The van der Waals surface area contributed by atoms with E-state index in [1.165, 1.54) is 0 Å². The molecule has 1 unspecified atom stereocenters. The minimum atomic E-state index is -0.379. The van der Waals surface area contributed by atoms with Gasteiger partial charge in [-0.1, -0.05) is 12.1 Å². The van der Waals surface area contributed by atoms with E-state index in [2.05, 4.69) is 5.32 Å². The van der Waals surface area contributed by atoms with E-state index in [0.29, 0.717) is 50.6 Å². The van der Waals surface area contributed by atoms with E-state index in [1.807, 2.05) is 31.2 Å². The van der Waals surface area contributed by atoms with Gasteiger partial charge in [0.25, 0.3) is 0 Å². The largest absolute Gasteiger partial charge is 0.492 e. The first-order chi connectivity index (χ1) is 12.1. The van der Waals surface area contributed by atoms with Crippen molar-refractivity contribution in [3.8, 4) is 5.75 Å². The summed E-state index contributed by atoms with van der Waals surface area (Å²) in [5.74, 6) is 0.104. The van der Waals surface area contributed by atoms with Crippen molar-refractivity contribution in [2.45, 2.75) is 19.8 Å². The van der Waals surface area contributed by atoms with Gasteiger partial charge in [-0.05, 0) is 19.1 Å². The molecule has 1 N–H and O–H groups in total. The van der Waals surface area contributed by atoms with Crippen molar-refractivity contribution in [3.05, 3.63) is 24.3 Å². The van der Waals surface area contributed by atoms with Gasteiger partial charge in [0.15, 0.2) is 0 Å². The van der Waals surface area contributed by atoms with Crippen LogP contribution in [0, 0.1) is 5.92 Å². The quantitative estimate of drug-likeness (QED) is 0.875. The van der Waals surface area contributed by atoms with Crippen molar-refractivity contribution in [3.63, 3.8) is 0 Å². The highest BCUT2D eigenvalue weighted by atomic mass is 16.5. The van der Waals surface area contributed by atoms with Crippen LogP contribution in [0.1, 0.15) is 19.8 Å². The number of carbonyl (C=O) groups is 3. The number of carbonyl (C=O) groups excluding carboxylic acids is 3. The van der Waals surface area contributed by atoms with Crippen LogP contribution in [0.5, 0.6) is 5.75 Å². The highest BCUT2D eigenvalue weighted by Crippen LogP contribution is 2.33. The Morgan fingerprint density at radius 1 is 1.28 bits per heavy atom. The minimum absolute atomic E-state index is 0.0370. The number of anilines is 1. The van der Waals surface area contributed by atoms with Crippen LogP contribution < -0.4 is 15.0 Å². The lowest BCUT2D eigenvalue weighted by Crippen LogP contribution is -2.39.